The summed E-state index contributed by atoms with van der Waals surface area (Å²) >= 11 is 0. The Morgan fingerprint density at radius 2 is 2.00 bits per heavy atom. The number of carbonyl (C=O) groups excluding carboxylic acids is 1. The summed E-state index contributed by atoms with van der Waals surface area (Å²) in [7, 11) is 2.00. The molecule has 110 valence electrons. The van der Waals surface area contributed by atoms with E-state index in [-0.39, 0.29) is 6.04 Å². The maximum atomic E-state index is 12.5. The topological polar surface area (TPSA) is 35.6 Å². The maximum absolute atomic E-state index is 12.5. The SMILES string of the molecule is CCCN1CCC(N(C)C(=O)[C@H]2CCCCN2)CC1. The first-order valence-electron chi connectivity index (χ1n) is 7.94. The summed E-state index contributed by atoms with van der Waals surface area (Å²) in [5.41, 5.74) is 0. The predicted octanol–water partition coefficient (Wildman–Crippen LogP) is 1.46. The number of piperidine rings is 2. The molecule has 0 aliphatic carbocycles. The van der Waals surface area contributed by atoms with Gasteiger partial charge in [0.25, 0.3) is 0 Å². The molecule has 0 saturated carbocycles. The molecule has 2 aliphatic heterocycles. The minimum absolute atomic E-state index is 0.0763. The molecule has 1 amide bonds. The van der Waals surface area contributed by atoms with E-state index < -0.39 is 0 Å². The van der Waals surface area contributed by atoms with E-state index in [1.807, 2.05) is 11.9 Å². The van der Waals surface area contributed by atoms with E-state index in [4.69, 9.17) is 0 Å². The van der Waals surface area contributed by atoms with Crippen LogP contribution < -0.4 is 5.32 Å². The Labute approximate surface area is 117 Å². The standard InChI is InChI=1S/C15H29N3O/c1-3-10-18-11-7-13(8-12-18)17(2)15(19)14-6-4-5-9-16-14/h13-14,16H,3-12H2,1-2H3/t14-/m1/s1. The van der Waals surface area contributed by atoms with Crippen molar-refractivity contribution in [1.82, 2.24) is 15.1 Å². The lowest BCUT2D eigenvalue weighted by molar-refractivity contribution is -0.135. The Kier molecular flexibility index (Phi) is 5.64. The molecule has 1 atom stereocenters. The molecule has 2 saturated heterocycles. The largest absolute Gasteiger partial charge is 0.341 e. The number of likely N-dealkylation sites (N-methyl/N-ethyl adjacent to an activating group) is 1. The van der Waals surface area contributed by atoms with Crippen LogP contribution in [-0.4, -0.2) is 61.0 Å². The Hall–Kier alpha value is -0.610. The molecule has 0 aromatic heterocycles. The number of rotatable bonds is 4. The highest BCUT2D eigenvalue weighted by atomic mass is 16.2. The monoisotopic (exact) mass is 267 g/mol. The second kappa shape index (κ2) is 7.25. The number of hydrogen-bond acceptors (Lipinski definition) is 3. The van der Waals surface area contributed by atoms with Gasteiger partial charge in [-0.25, -0.2) is 0 Å². The van der Waals surface area contributed by atoms with Crippen LogP contribution in [0.1, 0.15) is 45.4 Å². The van der Waals surface area contributed by atoms with E-state index in [1.54, 1.807) is 0 Å². The number of nitrogens with one attached hydrogen (secondary N) is 1. The molecule has 0 radical (unpaired) electrons. The molecular weight excluding hydrogens is 238 g/mol. The van der Waals surface area contributed by atoms with Gasteiger partial charge >= 0.3 is 0 Å². The van der Waals surface area contributed by atoms with Crippen molar-refractivity contribution in [2.75, 3.05) is 33.2 Å². The van der Waals surface area contributed by atoms with Crippen molar-refractivity contribution in [1.29, 1.82) is 0 Å². The highest BCUT2D eigenvalue weighted by Gasteiger charge is 2.29. The Balaban J connectivity index is 1.79. The quantitative estimate of drug-likeness (QED) is 0.837. The van der Waals surface area contributed by atoms with Gasteiger partial charge in [-0.15, -0.1) is 0 Å². The minimum atomic E-state index is 0.0763. The summed E-state index contributed by atoms with van der Waals surface area (Å²) in [6, 6.07) is 0.525. The molecule has 19 heavy (non-hydrogen) atoms. The fourth-order valence-electron chi connectivity index (χ4n) is 3.33. The molecule has 2 rings (SSSR count). The lowest BCUT2D eigenvalue weighted by Crippen LogP contribution is -2.52. The van der Waals surface area contributed by atoms with Crippen molar-refractivity contribution in [2.45, 2.75) is 57.5 Å². The molecule has 0 aromatic carbocycles. The smallest absolute Gasteiger partial charge is 0.239 e. The highest BCUT2D eigenvalue weighted by molar-refractivity contribution is 5.82. The number of amides is 1. The first kappa shape index (κ1) is 14.8. The van der Waals surface area contributed by atoms with Gasteiger partial charge < -0.3 is 15.1 Å². The fourth-order valence-corrected chi connectivity index (χ4v) is 3.33. The first-order chi connectivity index (χ1) is 9.22. The van der Waals surface area contributed by atoms with Gasteiger partial charge in [-0.2, -0.15) is 0 Å². The van der Waals surface area contributed by atoms with Crippen LogP contribution >= 0.6 is 0 Å². The van der Waals surface area contributed by atoms with Gasteiger partial charge in [0.1, 0.15) is 0 Å². The number of nitrogens with zero attached hydrogens (tertiary/aromatic N) is 2. The van der Waals surface area contributed by atoms with Crippen LogP contribution in [0.15, 0.2) is 0 Å². The third-order valence-corrected chi connectivity index (χ3v) is 4.60. The third-order valence-electron chi connectivity index (χ3n) is 4.60. The van der Waals surface area contributed by atoms with Crippen LogP contribution in [0.25, 0.3) is 0 Å². The van der Waals surface area contributed by atoms with E-state index in [9.17, 15) is 4.79 Å². The van der Waals surface area contributed by atoms with Gasteiger partial charge in [0.15, 0.2) is 0 Å². The molecule has 2 fully saturated rings. The molecule has 4 nitrogen and oxygen atoms in total. The molecule has 2 aliphatic rings. The van der Waals surface area contributed by atoms with Crippen molar-refractivity contribution < 1.29 is 4.79 Å². The van der Waals surface area contributed by atoms with Gasteiger partial charge in [-0.1, -0.05) is 13.3 Å². The molecule has 0 unspecified atom stereocenters. The zero-order chi connectivity index (χ0) is 13.7. The molecule has 0 bridgehead atoms. The molecule has 2 heterocycles. The van der Waals surface area contributed by atoms with Crippen molar-refractivity contribution in [3.8, 4) is 0 Å². The summed E-state index contributed by atoms with van der Waals surface area (Å²) in [5.74, 6) is 0.314. The van der Waals surface area contributed by atoms with E-state index in [2.05, 4.69) is 17.1 Å². The van der Waals surface area contributed by atoms with Gasteiger partial charge in [-0.05, 0) is 45.2 Å². The van der Waals surface area contributed by atoms with Crippen LogP contribution in [-0.2, 0) is 4.79 Å². The lowest BCUT2D eigenvalue weighted by Gasteiger charge is -2.38. The Morgan fingerprint density at radius 3 is 2.58 bits per heavy atom. The highest BCUT2D eigenvalue weighted by Crippen LogP contribution is 2.18. The summed E-state index contributed by atoms with van der Waals surface area (Å²) in [6.07, 6.45) is 6.91. The molecule has 4 heteroatoms. The lowest BCUT2D eigenvalue weighted by atomic mass is 10.00. The second-order valence-electron chi connectivity index (χ2n) is 6.02. The zero-order valence-corrected chi connectivity index (χ0v) is 12.5. The summed E-state index contributed by atoms with van der Waals surface area (Å²) < 4.78 is 0. The maximum Gasteiger partial charge on any atom is 0.239 e. The molecular formula is C15H29N3O. The fraction of sp³-hybridized carbons (Fsp3) is 0.933. The second-order valence-corrected chi connectivity index (χ2v) is 6.02. The summed E-state index contributed by atoms with van der Waals surface area (Å²) in [4.78, 5) is 17.0. The Morgan fingerprint density at radius 1 is 1.26 bits per heavy atom. The average molecular weight is 267 g/mol. The van der Waals surface area contributed by atoms with Crippen LogP contribution in [0.5, 0.6) is 0 Å². The van der Waals surface area contributed by atoms with E-state index in [0.717, 1.165) is 38.9 Å². The van der Waals surface area contributed by atoms with Crippen LogP contribution in [0.3, 0.4) is 0 Å². The van der Waals surface area contributed by atoms with Gasteiger partial charge in [0.2, 0.25) is 5.91 Å². The first-order valence-corrected chi connectivity index (χ1v) is 7.94. The summed E-state index contributed by atoms with van der Waals surface area (Å²) in [6.45, 7) is 6.73. The van der Waals surface area contributed by atoms with Crippen LogP contribution in [0.4, 0.5) is 0 Å². The number of carbonyl (C=O) groups is 1. The third kappa shape index (κ3) is 3.93. The number of likely N-dealkylation sites (tertiary alicyclic amines) is 1. The van der Waals surface area contributed by atoms with Gasteiger partial charge in [0, 0.05) is 26.2 Å². The van der Waals surface area contributed by atoms with Crippen molar-refractivity contribution in [2.24, 2.45) is 0 Å². The molecule has 0 spiro atoms. The normalized spacial score (nSPS) is 26.3. The predicted molar refractivity (Wildman–Crippen MR) is 78.2 cm³/mol. The van der Waals surface area contributed by atoms with E-state index in [1.165, 1.54) is 25.8 Å². The van der Waals surface area contributed by atoms with Crippen molar-refractivity contribution >= 4 is 5.91 Å². The van der Waals surface area contributed by atoms with E-state index in [0.29, 0.717) is 11.9 Å². The zero-order valence-electron chi connectivity index (χ0n) is 12.5. The molecule has 1 N–H and O–H groups in total. The van der Waals surface area contributed by atoms with Gasteiger partial charge in [-0.3, -0.25) is 4.79 Å². The van der Waals surface area contributed by atoms with Crippen LogP contribution in [0.2, 0.25) is 0 Å². The van der Waals surface area contributed by atoms with Gasteiger partial charge in [0.05, 0.1) is 6.04 Å². The van der Waals surface area contributed by atoms with Crippen molar-refractivity contribution in [3.05, 3.63) is 0 Å². The molecule has 0 aromatic rings. The average Bonchev–Trinajstić information content (AvgIpc) is 2.48. The van der Waals surface area contributed by atoms with Crippen LogP contribution in [0, 0.1) is 0 Å². The Bertz CT molecular complexity index is 281. The number of hydrogen-bond donors (Lipinski definition) is 1. The van der Waals surface area contributed by atoms with Crippen molar-refractivity contribution in [3.63, 3.8) is 0 Å². The summed E-state index contributed by atoms with van der Waals surface area (Å²) in [5, 5.41) is 3.37. The van der Waals surface area contributed by atoms with E-state index >= 15 is 0 Å². The minimum Gasteiger partial charge on any atom is -0.341 e.